The minimum atomic E-state index is -0.0989. The molecule has 0 unspecified atom stereocenters. The predicted molar refractivity (Wildman–Crippen MR) is 68.3 cm³/mol. The van der Waals surface area contributed by atoms with Gasteiger partial charge in [-0.25, -0.2) is 4.79 Å². The van der Waals surface area contributed by atoms with Crippen molar-refractivity contribution >= 4 is 11.9 Å². The summed E-state index contributed by atoms with van der Waals surface area (Å²) in [6.45, 7) is 4.89. The molecule has 6 heteroatoms. The average molecular weight is 254 g/mol. The van der Waals surface area contributed by atoms with Crippen LogP contribution >= 0.6 is 0 Å². The Morgan fingerprint density at radius 3 is 2.28 bits per heavy atom. The van der Waals surface area contributed by atoms with Crippen molar-refractivity contribution in [3.63, 3.8) is 0 Å². The topological polar surface area (TPSA) is 64.7 Å². The van der Waals surface area contributed by atoms with Gasteiger partial charge in [0.2, 0.25) is 5.91 Å². The number of hydrogen-bond acceptors (Lipinski definition) is 3. The lowest BCUT2D eigenvalue weighted by Crippen LogP contribution is -2.51. The molecule has 0 aromatic carbocycles. The number of carbonyl (C=O) groups excluding carboxylic acids is 2. The predicted octanol–water partition coefficient (Wildman–Crippen LogP) is -0.386. The molecule has 0 saturated carbocycles. The summed E-state index contributed by atoms with van der Waals surface area (Å²) in [5, 5.41) is 5.92. The number of piperazine rings is 1. The molecular formula is C12H22N4O2. The van der Waals surface area contributed by atoms with E-state index in [4.69, 9.17) is 0 Å². The van der Waals surface area contributed by atoms with Gasteiger partial charge < -0.3 is 20.4 Å². The molecule has 2 rings (SSSR count). The van der Waals surface area contributed by atoms with E-state index in [0.29, 0.717) is 0 Å². The Bertz CT molecular complexity index is 266. The van der Waals surface area contributed by atoms with Crippen LogP contribution in [-0.2, 0) is 4.79 Å². The average Bonchev–Trinajstić information content (AvgIpc) is 2.46. The van der Waals surface area contributed by atoms with Crippen molar-refractivity contribution in [2.75, 3.05) is 45.8 Å². The minimum absolute atomic E-state index is 0.0156. The molecule has 0 radical (unpaired) electrons. The summed E-state index contributed by atoms with van der Waals surface area (Å²) in [5.41, 5.74) is 0. The van der Waals surface area contributed by atoms with E-state index in [1.807, 2.05) is 0 Å². The third-order valence-electron chi connectivity index (χ3n) is 3.50. The first-order valence-electron chi connectivity index (χ1n) is 6.78. The summed E-state index contributed by atoms with van der Waals surface area (Å²) in [5.74, 6) is 0.0156. The summed E-state index contributed by atoms with van der Waals surface area (Å²) in [4.78, 5) is 27.3. The molecule has 0 atom stereocenters. The molecule has 3 amide bonds. The number of nitrogens with one attached hydrogen (secondary N) is 2. The van der Waals surface area contributed by atoms with E-state index in [9.17, 15) is 9.59 Å². The van der Waals surface area contributed by atoms with E-state index in [1.54, 1.807) is 9.80 Å². The van der Waals surface area contributed by atoms with Crippen LogP contribution in [-0.4, -0.2) is 67.6 Å². The van der Waals surface area contributed by atoms with Gasteiger partial charge in [-0.2, -0.15) is 0 Å². The Balaban J connectivity index is 1.69. The third-order valence-corrected chi connectivity index (χ3v) is 3.50. The largest absolute Gasteiger partial charge is 0.339 e. The molecule has 6 nitrogen and oxygen atoms in total. The number of hydrogen-bond donors (Lipinski definition) is 2. The SMILES string of the molecule is O=C(CNC(=O)N1CCCCC1)N1CCNCC1. The molecule has 0 aliphatic carbocycles. The Hall–Kier alpha value is -1.30. The van der Waals surface area contributed by atoms with Gasteiger partial charge in [-0.15, -0.1) is 0 Å². The van der Waals surface area contributed by atoms with E-state index in [-0.39, 0.29) is 18.5 Å². The highest BCUT2D eigenvalue weighted by Crippen LogP contribution is 2.08. The van der Waals surface area contributed by atoms with Crippen LogP contribution in [0.5, 0.6) is 0 Å². The Morgan fingerprint density at radius 2 is 1.61 bits per heavy atom. The van der Waals surface area contributed by atoms with Gasteiger partial charge in [-0.05, 0) is 19.3 Å². The lowest BCUT2D eigenvalue weighted by Gasteiger charge is -2.29. The lowest BCUT2D eigenvalue weighted by molar-refractivity contribution is -0.130. The zero-order valence-electron chi connectivity index (χ0n) is 10.8. The number of urea groups is 1. The molecule has 18 heavy (non-hydrogen) atoms. The molecule has 2 aliphatic heterocycles. The smallest absolute Gasteiger partial charge is 0.317 e. The maximum atomic E-state index is 11.9. The first-order chi connectivity index (χ1) is 8.77. The third kappa shape index (κ3) is 3.60. The minimum Gasteiger partial charge on any atom is -0.339 e. The van der Waals surface area contributed by atoms with Crippen LogP contribution in [0.2, 0.25) is 0 Å². The highest BCUT2D eigenvalue weighted by Gasteiger charge is 2.19. The monoisotopic (exact) mass is 254 g/mol. The maximum Gasteiger partial charge on any atom is 0.317 e. The van der Waals surface area contributed by atoms with E-state index in [0.717, 1.165) is 52.1 Å². The molecule has 2 aliphatic rings. The zero-order valence-corrected chi connectivity index (χ0v) is 10.8. The first kappa shape index (κ1) is 13.1. The fourth-order valence-electron chi connectivity index (χ4n) is 2.39. The molecule has 102 valence electrons. The van der Waals surface area contributed by atoms with Crippen molar-refractivity contribution in [3.05, 3.63) is 0 Å². The van der Waals surface area contributed by atoms with Gasteiger partial charge in [0, 0.05) is 39.3 Å². The van der Waals surface area contributed by atoms with Crippen molar-refractivity contribution in [3.8, 4) is 0 Å². The van der Waals surface area contributed by atoms with E-state index in [2.05, 4.69) is 10.6 Å². The van der Waals surface area contributed by atoms with Gasteiger partial charge in [-0.3, -0.25) is 4.79 Å². The molecule has 2 N–H and O–H groups in total. The van der Waals surface area contributed by atoms with Gasteiger partial charge in [0.25, 0.3) is 0 Å². The molecule has 2 fully saturated rings. The molecule has 0 aromatic heterocycles. The van der Waals surface area contributed by atoms with E-state index in [1.165, 1.54) is 6.42 Å². The van der Waals surface area contributed by atoms with Crippen molar-refractivity contribution in [1.82, 2.24) is 20.4 Å². The normalized spacial score (nSPS) is 20.7. The van der Waals surface area contributed by atoms with Gasteiger partial charge in [0.1, 0.15) is 0 Å². The Morgan fingerprint density at radius 1 is 0.944 bits per heavy atom. The summed E-state index contributed by atoms with van der Waals surface area (Å²) in [6.07, 6.45) is 3.34. The fraction of sp³-hybridized carbons (Fsp3) is 0.833. The summed E-state index contributed by atoms with van der Waals surface area (Å²) in [6, 6.07) is -0.0989. The first-order valence-corrected chi connectivity index (χ1v) is 6.78. The molecule has 0 aromatic rings. The van der Waals surface area contributed by atoms with E-state index < -0.39 is 0 Å². The van der Waals surface area contributed by atoms with Crippen molar-refractivity contribution < 1.29 is 9.59 Å². The Kier molecular flexibility index (Phi) is 4.81. The molecule has 0 bridgehead atoms. The van der Waals surface area contributed by atoms with Crippen molar-refractivity contribution in [1.29, 1.82) is 0 Å². The van der Waals surface area contributed by atoms with Gasteiger partial charge in [0.05, 0.1) is 6.54 Å². The van der Waals surface area contributed by atoms with Crippen LogP contribution < -0.4 is 10.6 Å². The summed E-state index contributed by atoms with van der Waals surface area (Å²) >= 11 is 0. The fourth-order valence-corrected chi connectivity index (χ4v) is 2.39. The van der Waals surface area contributed by atoms with Gasteiger partial charge >= 0.3 is 6.03 Å². The second kappa shape index (κ2) is 6.58. The van der Waals surface area contributed by atoms with Crippen LogP contribution in [0.3, 0.4) is 0 Å². The second-order valence-electron chi connectivity index (χ2n) is 4.84. The number of piperidine rings is 1. The quantitative estimate of drug-likeness (QED) is 0.705. The standard InChI is InChI=1S/C12H22N4O2/c17-11(15-8-4-13-5-9-15)10-14-12(18)16-6-2-1-3-7-16/h13H,1-10H2,(H,14,18). The van der Waals surface area contributed by atoms with Crippen LogP contribution in [0.4, 0.5) is 4.79 Å². The van der Waals surface area contributed by atoms with Crippen molar-refractivity contribution in [2.24, 2.45) is 0 Å². The van der Waals surface area contributed by atoms with Gasteiger partial charge in [-0.1, -0.05) is 0 Å². The van der Waals surface area contributed by atoms with Crippen LogP contribution in [0.25, 0.3) is 0 Å². The number of likely N-dealkylation sites (tertiary alicyclic amines) is 1. The molecule has 2 saturated heterocycles. The highest BCUT2D eigenvalue weighted by molar-refractivity contribution is 5.84. The van der Waals surface area contributed by atoms with Crippen LogP contribution in [0.15, 0.2) is 0 Å². The highest BCUT2D eigenvalue weighted by atomic mass is 16.2. The molecule has 0 spiro atoms. The summed E-state index contributed by atoms with van der Waals surface area (Å²) < 4.78 is 0. The second-order valence-corrected chi connectivity index (χ2v) is 4.84. The number of nitrogens with zero attached hydrogens (tertiary/aromatic N) is 2. The van der Waals surface area contributed by atoms with Crippen LogP contribution in [0.1, 0.15) is 19.3 Å². The van der Waals surface area contributed by atoms with E-state index >= 15 is 0 Å². The summed E-state index contributed by atoms with van der Waals surface area (Å²) in [7, 11) is 0. The molecule has 2 heterocycles. The van der Waals surface area contributed by atoms with Crippen molar-refractivity contribution in [2.45, 2.75) is 19.3 Å². The zero-order chi connectivity index (χ0) is 12.8. The van der Waals surface area contributed by atoms with Crippen LogP contribution in [0, 0.1) is 0 Å². The number of carbonyl (C=O) groups is 2. The maximum absolute atomic E-state index is 11.9. The molecular weight excluding hydrogens is 232 g/mol. The number of rotatable bonds is 2. The van der Waals surface area contributed by atoms with Gasteiger partial charge in [0.15, 0.2) is 0 Å². The number of amides is 3. The lowest BCUT2D eigenvalue weighted by atomic mass is 10.1. The Labute approximate surface area is 108 Å².